The number of ketones is 1. The van der Waals surface area contributed by atoms with Gasteiger partial charge in [-0.2, -0.15) is 0 Å². The maximum atomic E-state index is 12.7. The Bertz CT molecular complexity index is 689. The summed E-state index contributed by atoms with van der Waals surface area (Å²) < 4.78 is 6.46. The smallest absolute Gasteiger partial charge is 0.193 e. The molecule has 0 atom stereocenters. The van der Waals surface area contributed by atoms with Crippen molar-refractivity contribution in [1.29, 1.82) is 0 Å². The SMILES string of the molecule is C=CCOCCCCc1ccc(C(=O)c2cc(I)ccc2C)cc1. The van der Waals surface area contributed by atoms with E-state index in [0.29, 0.717) is 6.61 Å². The number of rotatable bonds is 9. The topological polar surface area (TPSA) is 26.3 Å². The summed E-state index contributed by atoms with van der Waals surface area (Å²) in [5.41, 5.74) is 3.81. The van der Waals surface area contributed by atoms with Crippen molar-refractivity contribution in [3.05, 3.63) is 80.9 Å². The van der Waals surface area contributed by atoms with Crippen LogP contribution in [0.2, 0.25) is 0 Å². The van der Waals surface area contributed by atoms with E-state index in [0.717, 1.165) is 46.1 Å². The van der Waals surface area contributed by atoms with Gasteiger partial charge in [0.15, 0.2) is 5.78 Å². The first-order chi connectivity index (χ1) is 11.6. The van der Waals surface area contributed by atoms with E-state index >= 15 is 0 Å². The maximum Gasteiger partial charge on any atom is 0.193 e. The summed E-state index contributed by atoms with van der Waals surface area (Å²) in [5.74, 6) is 0.0930. The Labute approximate surface area is 158 Å². The number of benzene rings is 2. The Morgan fingerprint density at radius 1 is 1.17 bits per heavy atom. The molecule has 0 aromatic heterocycles. The van der Waals surface area contributed by atoms with Gasteiger partial charge in [0.1, 0.15) is 0 Å². The highest BCUT2D eigenvalue weighted by atomic mass is 127. The van der Waals surface area contributed by atoms with Crippen LogP contribution in [0.1, 0.15) is 39.9 Å². The lowest BCUT2D eigenvalue weighted by molar-refractivity contribution is 0.103. The van der Waals surface area contributed by atoms with Crippen LogP contribution < -0.4 is 0 Å². The molecule has 3 heteroatoms. The van der Waals surface area contributed by atoms with Crippen LogP contribution in [-0.4, -0.2) is 19.0 Å². The highest BCUT2D eigenvalue weighted by molar-refractivity contribution is 14.1. The Hall–Kier alpha value is -1.46. The predicted octanol–water partition coefficient (Wildman–Crippen LogP) is 5.36. The number of halogens is 1. The second-order valence-corrected chi connectivity index (χ2v) is 7.05. The molecule has 2 aromatic rings. The minimum absolute atomic E-state index is 0.0930. The van der Waals surface area contributed by atoms with Gasteiger partial charge in [0.25, 0.3) is 0 Å². The molecule has 0 heterocycles. The van der Waals surface area contributed by atoms with E-state index in [1.54, 1.807) is 6.08 Å². The lowest BCUT2D eigenvalue weighted by Gasteiger charge is -2.07. The van der Waals surface area contributed by atoms with E-state index in [1.807, 2.05) is 37.3 Å². The van der Waals surface area contributed by atoms with E-state index in [-0.39, 0.29) is 5.78 Å². The summed E-state index contributed by atoms with van der Waals surface area (Å²) >= 11 is 2.24. The van der Waals surface area contributed by atoms with E-state index in [4.69, 9.17) is 4.74 Å². The predicted molar refractivity (Wildman–Crippen MR) is 108 cm³/mol. The Morgan fingerprint density at radius 2 is 1.92 bits per heavy atom. The number of hydrogen-bond acceptors (Lipinski definition) is 2. The van der Waals surface area contributed by atoms with Crippen LogP contribution in [0.5, 0.6) is 0 Å². The average Bonchev–Trinajstić information content (AvgIpc) is 2.60. The second kappa shape index (κ2) is 9.74. The molecule has 126 valence electrons. The van der Waals surface area contributed by atoms with Crippen molar-refractivity contribution in [3.8, 4) is 0 Å². The lowest BCUT2D eigenvalue weighted by atomic mass is 9.97. The number of hydrogen-bond donors (Lipinski definition) is 0. The summed E-state index contributed by atoms with van der Waals surface area (Å²) in [7, 11) is 0. The largest absolute Gasteiger partial charge is 0.377 e. The van der Waals surface area contributed by atoms with Gasteiger partial charge < -0.3 is 4.74 Å². The molecule has 0 aliphatic carbocycles. The van der Waals surface area contributed by atoms with Gasteiger partial charge in [0.05, 0.1) is 6.61 Å². The summed E-state index contributed by atoms with van der Waals surface area (Å²) in [6.45, 7) is 7.00. The van der Waals surface area contributed by atoms with Crippen LogP contribution in [0.15, 0.2) is 55.1 Å². The third kappa shape index (κ3) is 5.56. The summed E-state index contributed by atoms with van der Waals surface area (Å²) in [5, 5.41) is 0. The minimum Gasteiger partial charge on any atom is -0.377 e. The molecule has 0 amide bonds. The zero-order chi connectivity index (χ0) is 17.4. The highest BCUT2D eigenvalue weighted by Gasteiger charge is 2.12. The molecule has 0 aliphatic heterocycles. The number of ether oxygens (including phenoxy) is 1. The van der Waals surface area contributed by atoms with E-state index in [9.17, 15) is 4.79 Å². The third-order valence-electron chi connectivity index (χ3n) is 3.90. The van der Waals surface area contributed by atoms with E-state index in [2.05, 4.69) is 41.3 Å². The summed E-state index contributed by atoms with van der Waals surface area (Å²) in [6, 6.07) is 14.0. The standard InChI is InChI=1S/C21H23IO2/c1-3-13-24-14-5-4-6-17-8-10-18(11-9-17)21(23)20-15-19(22)12-7-16(20)2/h3,7-12,15H,1,4-6,13-14H2,2H3. The maximum absolute atomic E-state index is 12.7. The molecule has 2 nitrogen and oxygen atoms in total. The zero-order valence-corrected chi connectivity index (χ0v) is 16.2. The van der Waals surface area contributed by atoms with Crippen molar-refractivity contribution in [3.63, 3.8) is 0 Å². The molecule has 0 fully saturated rings. The van der Waals surface area contributed by atoms with Crippen LogP contribution in [0, 0.1) is 10.5 Å². The fourth-order valence-electron chi connectivity index (χ4n) is 2.52. The molecule has 0 radical (unpaired) electrons. The van der Waals surface area contributed by atoms with Crippen molar-refractivity contribution in [2.75, 3.05) is 13.2 Å². The van der Waals surface area contributed by atoms with Crippen molar-refractivity contribution in [2.45, 2.75) is 26.2 Å². The Kier molecular flexibility index (Phi) is 7.66. The molecular formula is C21H23IO2. The first-order valence-corrected chi connectivity index (χ1v) is 9.28. The first-order valence-electron chi connectivity index (χ1n) is 8.20. The quantitative estimate of drug-likeness (QED) is 0.230. The van der Waals surface area contributed by atoms with Crippen LogP contribution in [0.4, 0.5) is 0 Å². The van der Waals surface area contributed by atoms with Crippen LogP contribution in [0.25, 0.3) is 0 Å². The molecule has 0 bridgehead atoms. The van der Waals surface area contributed by atoms with Crippen LogP contribution in [-0.2, 0) is 11.2 Å². The Balaban J connectivity index is 1.92. The van der Waals surface area contributed by atoms with Crippen LogP contribution >= 0.6 is 22.6 Å². The van der Waals surface area contributed by atoms with Gasteiger partial charge >= 0.3 is 0 Å². The number of carbonyl (C=O) groups is 1. The molecule has 0 saturated heterocycles. The molecule has 0 saturated carbocycles. The van der Waals surface area contributed by atoms with Crippen molar-refractivity contribution < 1.29 is 9.53 Å². The molecular weight excluding hydrogens is 411 g/mol. The number of unbranched alkanes of at least 4 members (excludes halogenated alkanes) is 1. The van der Waals surface area contributed by atoms with Crippen LogP contribution in [0.3, 0.4) is 0 Å². The average molecular weight is 434 g/mol. The summed E-state index contributed by atoms with van der Waals surface area (Å²) in [6.07, 6.45) is 4.90. The van der Waals surface area contributed by atoms with Gasteiger partial charge in [-0.3, -0.25) is 4.79 Å². The van der Waals surface area contributed by atoms with E-state index in [1.165, 1.54) is 5.56 Å². The van der Waals surface area contributed by atoms with Gasteiger partial charge in [0.2, 0.25) is 0 Å². The number of carbonyl (C=O) groups excluding carboxylic acids is 1. The van der Waals surface area contributed by atoms with Crippen molar-refractivity contribution in [2.24, 2.45) is 0 Å². The normalized spacial score (nSPS) is 10.6. The minimum atomic E-state index is 0.0930. The summed E-state index contributed by atoms with van der Waals surface area (Å²) in [4.78, 5) is 12.7. The van der Waals surface area contributed by atoms with E-state index < -0.39 is 0 Å². The second-order valence-electron chi connectivity index (χ2n) is 5.81. The molecule has 0 spiro atoms. The molecule has 0 N–H and O–H groups in total. The third-order valence-corrected chi connectivity index (χ3v) is 4.57. The van der Waals surface area contributed by atoms with Crippen molar-refractivity contribution >= 4 is 28.4 Å². The first kappa shape index (κ1) is 18.9. The molecule has 24 heavy (non-hydrogen) atoms. The molecule has 2 aromatic carbocycles. The van der Waals surface area contributed by atoms with Gasteiger partial charge in [-0.25, -0.2) is 0 Å². The monoisotopic (exact) mass is 434 g/mol. The van der Waals surface area contributed by atoms with Crippen molar-refractivity contribution in [1.82, 2.24) is 0 Å². The molecule has 0 aliphatic rings. The molecule has 0 unspecified atom stereocenters. The number of aryl methyl sites for hydroxylation is 2. The van der Waals surface area contributed by atoms with Gasteiger partial charge in [0, 0.05) is 21.3 Å². The zero-order valence-electron chi connectivity index (χ0n) is 14.1. The van der Waals surface area contributed by atoms with Gasteiger partial charge in [-0.1, -0.05) is 36.4 Å². The lowest BCUT2D eigenvalue weighted by Crippen LogP contribution is -2.04. The fraction of sp³-hybridized carbons (Fsp3) is 0.286. The molecule has 2 rings (SSSR count). The fourth-order valence-corrected chi connectivity index (χ4v) is 3.01. The Morgan fingerprint density at radius 3 is 2.62 bits per heavy atom. The van der Waals surface area contributed by atoms with Gasteiger partial charge in [-0.15, -0.1) is 6.58 Å². The highest BCUT2D eigenvalue weighted by Crippen LogP contribution is 2.18. The van der Waals surface area contributed by atoms with Gasteiger partial charge in [-0.05, 0) is 72.0 Å².